The van der Waals surface area contributed by atoms with Gasteiger partial charge in [0.1, 0.15) is 0 Å². The lowest BCUT2D eigenvalue weighted by Gasteiger charge is -2.30. The number of aliphatic carboxylic acids is 1. The van der Waals surface area contributed by atoms with Crippen molar-refractivity contribution in [1.82, 2.24) is 4.31 Å². The molecular formula is C8H16N2O4S. The minimum Gasteiger partial charge on any atom is -0.480 e. The van der Waals surface area contributed by atoms with E-state index < -0.39 is 21.2 Å². The van der Waals surface area contributed by atoms with Gasteiger partial charge in [-0.2, -0.15) is 4.31 Å². The van der Waals surface area contributed by atoms with E-state index in [1.165, 1.54) is 11.2 Å². The molecule has 2 unspecified atom stereocenters. The second kappa shape index (κ2) is 4.46. The SMILES string of the molecule is CC(C(=O)O)S(=O)(=O)N1CCCC(N)C1. The molecule has 2 atom stereocenters. The van der Waals surface area contributed by atoms with E-state index in [0.717, 1.165) is 6.42 Å². The summed E-state index contributed by atoms with van der Waals surface area (Å²) in [4.78, 5) is 10.6. The molecule has 0 spiro atoms. The Morgan fingerprint density at radius 3 is 2.67 bits per heavy atom. The number of hydrogen-bond acceptors (Lipinski definition) is 4. The molecule has 1 rings (SSSR count). The Bertz CT molecular complexity index is 341. The van der Waals surface area contributed by atoms with E-state index in [1.54, 1.807) is 0 Å². The fourth-order valence-electron chi connectivity index (χ4n) is 1.56. The van der Waals surface area contributed by atoms with Gasteiger partial charge in [-0.3, -0.25) is 4.79 Å². The van der Waals surface area contributed by atoms with E-state index in [1.807, 2.05) is 0 Å². The van der Waals surface area contributed by atoms with Gasteiger partial charge in [0.15, 0.2) is 5.25 Å². The lowest BCUT2D eigenvalue weighted by Crippen LogP contribution is -2.49. The van der Waals surface area contributed by atoms with Crippen LogP contribution < -0.4 is 5.73 Å². The number of sulfonamides is 1. The number of nitrogens with two attached hydrogens (primary N) is 1. The number of rotatable bonds is 3. The summed E-state index contributed by atoms with van der Waals surface area (Å²) in [5, 5.41) is 7.28. The molecular weight excluding hydrogens is 220 g/mol. The van der Waals surface area contributed by atoms with Crippen LogP contribution in [-0.4, -0.2) is 48.2 Å². The molecule has 0 amide bonds. The van der Waals surface area contributed by atoms with E-state index in [9.17, 15) is 13.2 Å². The lowest BCUT2D eigenvalue weighted by atomic mass is 10.1. The third-order valence-corrected chi connectivity index (χ3v) is 4.72. The summed E-state index contributed by atoms with van der Waals surface area (Å²) in [5.74, 6) is -1.32. The van der Waals surface area contributed by atoms with Crippen LogP contribution in [-0.2, 0) is 14.8 Å². The molecule has 7 heteroatoms. The van der Waals surface area contributed by atoms with Gasteiger partial charge in [0.2, 0.25) is 10.0 Å². The Morgan fingerprint density at radius 2 is 2.20 bits per heavy atom. The molecule has 0 aliphatic carbocycles. The maximum Gasteiger partial charge on any atom is 0.323 e. The van der Waals surface area contributed by atoms with Crippen LogP contribution >= 0.6 is 0 Å². The maximum atomic E-state index is 11.8. The predicted molar refractivity (Wildman–Crippen MR) is 54.8 cm³/mol. The van der Waals surface area contributed by atoms with Crippen LogP contribution in [0.1, 0.15) is 19.8 Å². The molecule has 1 fully saturated rings. The first-order valence-corrected chi connectivity index (χ1v) is 6.33. The molecule has 3 N–H and O–H groups in total. The van der Waals surface area contributed by atoms with Crippen LogP contribution in [0.3, 0.4) is 0 Å². The molecule has 0 aromatic carbocycles. The third kappa shape index (κ3) is 2.67. The van der Waals surface area contributed by atoms with Crippen molar-refractivity contribution >= 4 is 16.0 Å². The number of piperidine rings is 1. The van der Waals surface area contributed by atoms with Crippen molar-refractivity contribution in [2.75, 3.05) is 13.1 Å². The van der Waals surface area contributed by atoms with E-state index in [4.69, 9.17) is 10.8 Å². The first kappa shape index (κ1) is 12.4. The smallest absolute Gasteiger partial charge is 0.323 e. The van der Waals surface area contributed by atoms with Gasteiger partial charge in [-0.15, -0.1) is 0 Å². The van der Waals surface area contributed by atoms with Gasteiger partial charge in [0.05, 0.1) is 0 Å². The number of hydrogen-bond donors (Lipinski definition) is 2. The van der Waals surface area contributed by atoms with Crippen molar-refractivity contribution in [1.29, 1.82) is 0 Å². The molecule has 88 valence electrons. The fourth-order valence-corrected chi connectivity index (χ4v) is 3.04. The van der Waals surface area contributed by atoms with Crippen molar-refractivity contribution in [3.63, 3.8) is 0 Å². The minimum absolute atomic E-state index is 0.186. The molecule has 0 aromatic rings. The normalized spacial score (nSPS) is 26.1. The Hall–Kier alpha value is -0.660. The summed E-state index contributed by atoms with van der Waals surface area (Å²) in [6.45, 7) is 1.77. The van der Waals surface area contributed by atoms with E-state index in [-0.39, 0.29) is 12.6 Å². The molecule has 15 heavy (non-hydrogen) atoms. The van der Waals surface area contributed by atoms with Crippen LogP contribution in [0.5, 0.6) is 0 Å². The highest BCUT2D eigenvalue weighted by Gasteiger charge is 2.35. The molecule has 1 heterocycles. The summed E-state index contributed by atoms with van der Waals surface area (Å²) >= 11 is 0. The third-order valence-electron chi connectivity index (χ3n) is 2.58. The minimum atomic E-state index is -3.74. The number of carboxylic acids is 1. The second-order valence-corrected chi connectivity index (χ2v) is 6.04. The largest absolute Gasteiger partial charge is 0.480 e. The van der Waals surface area contributed by atoms with Gasteiger partial charge in [0, 0.05) is 19.1 Å². The van der Waals surface area contributed by atoms with Crippen LogP contribution in [0.4, 0.5) is 0 Å². The Kier molecular flexibility index (Phi) is 3.69. The zero-order valence-electron chi connectivity index (χ0n) is 8.59. The van der Waals surface area contributed by atoms with Gasteiger partial charge in [-0.05, 0) is 19.8 Å². The molecule has 1 aliphatic heterocycles. The predicted octanol–water partition coefficient (Wildman–Crippen LogP) is -0.788. The van der Waals surface area contributed by atoms with Gasteiger partial charge < -0.3 is 10.8 Å². The van der Waals surface area contributed by atoms with Crippen LogP contribution in [0.25, 0.3) is 0 Å². The van der Waals surface area contributed by atoms with Gasteiger partial charge >= 0.3 is 5.97 Å². The highest BCUT2D eigenvalue weighted by atomic mass is 32.2. The van der Waals surface area contributed by atoms with E-state index in [2.05, 4.69) is 0 Å². The Labute approximate surface area is 89.1 Å². The molecule has 1 aliphatic rings. The van der Waals surface area contributed by atoms with Crippen LogP contribution in [0.15, 0.2) is 0 Å². The average Bonchev–Trinajstić information content (AvgIpc) is 2.16. The quantitative estimate of drug-likeness (QED) is 0.669. The van der Waals surface area contributed by atoms with Crippen molar-refractivity contribution in [3.8, 4) is 0 Å². The van der Waals surface area contributed by atoms with E-state index >= 15 is 0 Å². The summed E-state index contributed by atoms with van der Waals surface area (Å²) in [7, 11) is -3.74. The number of carboxylic acid groups (broad SMARTS) is 1. The monoisotopic (exact) mass is 236 g/mol. The van der Waals surface area contributed by atoms with Crippen molar-refractivity contribution in [3.05, 3.63) is 0 Å². The molecule has 6 nitrogen and oxygen atoms in total. The number of nitrogens with zero attached hydrogens (tertiary/aromatic N) is 1. The standard InChI is InChI=1S/C8H16N2O4S/c1-6(8(11)12)15(13,14)10-4-2-3-7(9)5-10/h6-7H,2-5,9H2,1H3,(H,11,12). The first-order valence-electron chi connectivity index (χ1n) is 4.83. The maximum absolute atomic E-state index is 11.8. The lowest BCUT2D eigenvalue weighted by molar-refractivity contribution is -0.136. The number of carbonyl (C=O) groups is 1. The average molecular weight is 236 g/mol. The molecule has 0 aromatic heterocycles. The molecule has 0 radical (unpaired) electrons. The first-order chi connectivity index (χ1) is 6.85. The summed E-state index contributed by atoms with van der Waals surface area (Å²) in [6.07, 6.45) is 1.47. The molecule has 1 saturated heterocycles. The summed E-state index contributed by atoms with van der Waals surface area (Å²) in [6, 6.07) is -0.186. The summed E-state index contributed by atoms with van der Waals surface area (Å²) in [5.41, 5.74) is 5.64. The van der Waals surface area contributed by atoms with Gasteiger partial charge in [0.25, 0.3) is 0 Å². The van der Waals surface area contributed by atoms with Crippen molar-refractivity contribution in [2.45, 2.75) is 31.1 Å². The van der Waals surface area contributed by atoms with E-state index in [0.29, 0.717) is 13.0 Å². The highest BCUT2D eigenvalue weighted by molar-refractivity contribution is 7.90. The van der Waals surface area contributed by atoms with Crippen LogP contribution in [0.2, 0.25) is 0 Å². The van der Waals surface area contributed by atoms with Gasteiger partial charge in [-0.25, -0.2) is 8.42 Å². The highest BCUT2D eigenvalue weighted by Crippen LogP contribution is 2.16. The zero-order chi connectivity index (χ0) is 11.6. The van der Waals surface area contributed by atoms with Crippen molar-refractivity contribution in [2.24, 2.45) is 5.73 Å². The molecule has 0 saturated carbocycles. The fraction of sp³-hybridized carbons (Fsp3) is 0.875. The topological polar surface area (TPSA) is 101 Å². The second-order valence-electron chi connectivity index (χ2n) is 3.79. The molecule has 0 bridgehead atoms. The Balaban J connectivity index is 2.81. The van der Waals surface area contributed by atoms with Crippen molar-refractivity contribution < 1.29 is 18.3 Å². The zero-order valence-corrected chi connectivity index (χ0v) is 9.40. The summed E-state index contributed by atoms with van der Waals surface area (Å²) < 4.78 is 24.7. The van der Waals surface area contributed by atoms with Crippen LogP contribution in [0, 0.1) is 0 Å². The Morgan fingerprint density at radius 1 is 1.60 bits per heavy atom. The van der Waals surface area contributed by atoms with Gasteiger partial charge in [-0.1, -0.05) is 0 Å².